The summed E-state index contributed by atoms with van der Waals surface area (Å²) < 4.78 is 21.6. The lowest BCUT2D eigenvalue weighted by atomic mass is 9.95. The number of alkyl carbamates (subject to hydrolysis) is 4. The molecule has 0 aromatic heterocycles. The molecule has 424 valence electrons. The highest BCUT2D eigenvalue weighted by Gasteiger charge is 2.27. The minimum absolute atomic E-state index is 0.00949. The van der Waals surface area contributed by atoms with Gasteiger partial charge in [0.2, 0.25) is 23.7 Å². The van der Waals surface area contributed by atoms with Crippen LogP contribution in [0.3, 0.4) is 0 Å². The van der Waals surface area contributed by atoms with Gasteiger partial charge >= 0.3 is 24.4 Å². The smallest absolute Gasteiger partial charge is 0.414 e. The highest BCUT2D eigenvalue weighted by atomic mass is 32.2. The first-order valence-corrected chi connectivity index (χ1v) is 27.4. The van der Waals surface area contributed by atoms with E-state index in [1.807, 2.05) is 103 Å². The lowest BCUT2D eigenvalue weighted by Gasteiger charge is -2.22. The average Bonchev–Trinajstić information content (AvgIpc) is 3.47. The Hall–Kier alpha value is -9.17. The molecule has 0 heterocycles. The molecule has 0 saturated heterocycles. The number of benzene rings is 6. The zero-order valence-electron chi connectivity index (χ0n) is 45.4. The summed E-state index contributed by atoms with van der Waals surface area (Å²) in [6.45, 7) is 5.36. The lowest BCUT2D eigenvalue weighted by Crippen LogP contribution is -2.50. The van der Waals surface area contributed by atoms with Crippen molar-refractivity contribution in [2.24, 2.45) is 9.98 Å². The second-order valence-corrected chi connectivity index (χ2v) is 20.0. The molecular weight excluding hydrogens is 1050 g/mol. The van der Waals surface area contributed by atoms with Crippen LogP contribution in [0.4, 0.5) is 19.2 Å². The summed E-state index contributed by atoms with van der Waals surface area (Å²) in [5.41, 5.74) is 5.98. The number of rotatable bonds is 24. The van der Waals surface area contributed by atoms with Crippen molar-refractivity contribution in [3.05, 3.63) is 208 Å². The number of phenols is 1. The number of aliphatic imine (C=N–C) groups is 2. The van der Waals surface area contributed by atoms with Crippen molar-refractivity contribution in [3.8, 4) is 5.75 Å². The third kappa shape index (κ3) is 23.0. The Morgan fingerprint density at radius 1 is 0.519 bits per heavy atom. The molecule has 6 aromatic rings. The number of hydrogen-bond acceptors (Lipinski definition) is 14. The number of aromatic hydroxyl groups is 1. The third-order valence-corrected chi connectivity index (χ3v) is 13.5. The van der Waals surface area contributed by atoms with Gasteiger partial charge in [-0.15, -0.1) is 0 Å². The average molecular weight is 1120 g/mol. The second-order valence-electron chi connectivity index (χ2n) is 18.6. The molecule has 0 fully saturated rings. The van der Waals surface area contributed by atoms with E-state index in [-0.39, 0.29) is 62.9 Å². The van der Waals surface area contributed by atoms with Crippen LogP contribution in [0, 0.1) is 13.8 Å². The van der Waals surface area contributed by atoms with Gasteiger partial charge in [0.25, 0.3) is 0 Å². The van der Waals surface area contributed by atoms with Gasteiger partial charge in [-0.05, 0) is 102 Å². The third-order valence-electron chi connectivity index (χ3n) is 12.1. The minimum Gasteiger partial charge on any atom is -0.508 e. The van der Waals surface area contributed by atoms with Gasteiger partial charge < -0.3 is 34.7 Å². The maximum atomic E-state index is 14.4. The topological polar surface area (TPSA) is 256 Å². The Kier molecular flexibility index (Phi) is 25.1. The number of ether oxygens (including phenoxy) is 4. The molecule has 6 rings (SSSR count). The van der Waals surface area contributed by atoms with Crippen molar-refractivity contribution >= 4 is 59.9 Å². The van der Waals surface area contributed by atoms with Crippen molar-refractivity contribution in [1.29, 1.82) is 0 Å². The fourth-order valence-electron chi connectivity index (χ4n) is 7.93. The van der Waals surface area contributed by atoms with Gasteiger partial charge in [-0.1, -0.05) is 152 Å². The van der Waals surface area contributed by atoms with Gasteiger partial charge in [-0.25, -0.2) is 24.2 Å². The Morgan fingerprint density at radius 3 is 1.33 bits per heavy atom. The highest BCUT2D eigenvalue weighted by Crippen LogP contribution is 2.23. The van der Waals surface area contributed by atoms with Gasteiger partial charge in [0.15, 0.2) is 0 Å². The van der Waals surface area contributed by atoms with Crippen LogP contribution in [0.5, 0.6) is 5.75 Å². The van der Waals surface area contributed by atoms with Crippen LogP contribution in [0.2, 0.25) is 0 Å². The quantitative estimate of drug-likeness (QED) is 0.0130. The van der Waals surface area contributed by atoms with Crippen molar-refractivity contribution in [2.45, 2.75) is 90.2 Å². The Bertz CT molecular complexity index is 2890. The molecule has 0 aliphatic heterocycles. The van der Waals surface area contributed by atoms with E-state index in [1.54, 1.807) is 86.3 Å². The normalized spacial score (nSPS) is 11.7. The van der Waals surface area contributed by atoms with Crippen molar-refractivity contribution in [3.63, 3.8) is 0 Å². The summed E-state index contributed by atoms with van der Waals surface area (Å²) in [4.78, 5) is 89.3. The van der Waals surface area contributed by atoms with Crippen molar-refractivity contribution < 1.29 is 52.8 Å². The van der Waals surface area contributed by atoms with Crippen LogP contribution < -0.4 is 31.9 Å². The monoisotopic (exact) mass is 1120 g/mol. The van der Waals surface area contributed by atoms with Crippen molar-refractivity contribution in [2.75, 3.05) is 18.8 Å². The number of carbonyl (C=O) groups excluding carboxylic acids is 6. The molecule has 20 heteroatoms. The molecule has 6 amide bonds. The van der Waals surface area contributed by atoms with E-state index in [0.717, 1.165) is 16.7 Å². The SMILES string of the molecule is Cc1cc(O)cc(C)c1C[C@H](N=C(NC(=O)OCc1ccccc1)NC(=O)OCc1ccccc1)C(=O)N[C@H](C)C(=O)NCC(Cc1ccccc1)SCCCCN=C(NC(=O)OCc1ccccc1)NC(=O)OCc1ccccc1. The van der Waals surface area contributed by atoms with Crippen LogP contribution in [0.1, 0.15) is 64.3 Å². The number of amides is 6. The molecule has 19 nitrogen and oxygen atoms in total. The maximum absolute atomic E-state index is 14.4. The van der Waals surface area contributed by atoms with Crippen LogP contribution in [-0.4, -0.2) is 89.4 Å². The number of phenolic OH excluding ortho intramolecular Hbond substituents is 1. The van der Waals surface area contributed by atoms with Gasteiger partial charge in [-0.2, -0.15) is 11.8 Å². The van der Waals surface area contributed by atoms with E-state index in [9.17, 15) is 33.9 Å². The predicted octanol–water partition coefficient (Wildman–Crippen LogP) is 9.08. The Balaban J connectivity index is 1.09. The highest BCUT2D eigenvalue weighted by molar-refractivity contribution is 7.99. The van der Waals surface area contributed by atoms with E-state index in [0.29, 0.717) is 52.8 Å². The zero-order chi connectivity index (χ0) is 57.6. The van der Waals surface area contributed by atoms with Crippen LogP contribution in [-0.2, 0) is 67.8 Å². The zero-order valence-corrected chi connectivity index (χ0v) is 46.2. The molecule has 1 unspecified atom stereocenters. The summed E-state index contributed by atoms with van der Waals surface area (Å²) >= 11 is 1.65. The minimum atomic E-state index is -1.35. The molecule has 7 N–H and O–H groups in total. The van der Waals surface area contributed by atoms with Crippen LogP contribution in [0.15, 0.2) is 174 Å². The number of aryl methyl sites for hydroxylation is 2. The molecule has 0 bridgehead atoms. The summed E-state index contributed by atoms with van der Waals surface area (Å²) in [5, 5.41) is 25.9. The second kappa shape index (κ2) is 33.3. The molecule has 3 atom stereocenters. The van der Waals surface area contributed by atoms with E-state index >= 15 is 0 Å². The number of nitrogens with zero attached hydrogens (tertiary/aromatic N) is 2. The fraction of sp³-hybridized carbons (Fsp3) is 0.279. The first-order chi connectivity index (χ1) is 39.3. The molecule has 81 heavy (non-hydrogen) atoms. The van der Waals surface area contributed by atoms with Gasteiger partial charge in [-0.3, -0.25) is 35.8 Å². The standard InChI is InChI=1S/C61H68N8O11S/c1-42-33-50(70)34-43(2)52(42)36-53(65-57(68-60(75)79-40-48-27-15-7-16-28-48)69-61(76)80-41-49-29-17-8-18-30-49)55(72)64-44(3)54(71)63-37-51(35-45-21-9-4-10-22-45)81-32-20-19-31-62-56(66-58(73)77-38-46-23-11-5-12-24-46)67-59(74)78-39-47-25-13-6-14-26-47/h4-18,21-30,33-34,44,51,53,70H,19-20,31-32,35-41H2,1-3H3,(H,63,71)(H,64,72)(H2,62,66,67,73,74)(H2,65,68,69,75,76)/t44-,51?,53+/m1/s1. The summed E-state index contributed by atoms with van der Waals surface area (Å²) in [7, 11) is 0. The molecule has 0 saturated carbocycles. The van der Waals surface area contributed by atoms with E-state index in [4.69, 9.17) is 18.9 Å². The van der Waals surface area contributed by atoms with Crippen molar-refractivity contribution in [1.82, 2.24) is 31.9 Å². The van der Waals surface area contributed by atoms with E-state index in [1.165, 1.54) is 6.92 Å². The Labute approximate surface area is 475 Å². The lowest BCUT2D eigenvalue weighted by molar-refractivity contribution is -0.129. The number of nitrogens with one attached hydrogen (secondary N) is 6. The van der Waals surface area contributed by atoms with Gasteiger partial charge in [0.1, 0.15) is 44.3 Å². The van der Waals surface area contributed by atoms with Crippen LogP contribution in [0.25, 0.3) is 0 Å². The molecule has 0 aliphatic rings. The predicted molar refractivity (Wildman–Crippen MR) is 310 cm³/mol. The number of hydrogen-bond donors (Lipinski definition) is 7. The van der Waals surface area contributed by atoms with Gasteiger partial charge in [0.05, 0.1) is 0 Å². The fourth-order valence-corrected chi connectivity index (χ4v) is 9.15. The van der Waals surface area contributed by atoms with Crippen LogP contribution >= 0.6 is 11.8 Å². The first-order valence-electron chi connectivity index (χ1n) is 26.3. The van der Waals surface area contributed by atoms with E-state index in [2.05, 4.69) is 41.9 Å². The number of guanidine groups is 2. The number of unbranched alkanes of at least 4 members (excludes halogenated alkanes) is 1. The molecule has 0 radical (unpaired) electrons. The van der Waals surface area contributed by atoms with Gasteiger partial charge in [0, 0.05) is 24.8 Å². The van der Waals surface area contributed by atoms with E-state index < -0.39 is 54.2 Å². The Morgan fingerprint density at radius 2 is 0.914 bits per heavy atom. The largest absolute Gasteiger partial charge is 0.508 e. The summed E-state index contributed by atoms with van der Waals surface area (Å²) in [6, 6.07) is 46.7. The first kappa shape index (κ1) is 61.0. The summed E-state index contributed by atoms with van der Waals surface area (Å²) in [5.74, 6) is -1.06. The molecule has 0 aliphatic carbocycles. The summed E-state index contributed by atoms with van der Waals surface area (Å²) in [6.07, 6.45) is -1.76. The molecule has 6 aromatic carbocycles. The number of thioether (sulfide) groups is 1. The molecule has 0 spiro atoms. The number of carbonyl (C=O) groups is 6. The molecular formula is C61H68N8O11S. The maximum Gasteiger partial charge on any atom is 0.414 e.